The van der Waals surface area contributed by atoms with Gasteiger partial charge in [-0.15, -0.1) is 0 Å². The molecular formula is C12H20N2O. The maximum Gasteiger partial charge on any atom is 0.117 e. The van der Waals surface area contributed by atoms with Gasteiger partial charge in [0.1, 0.15) is 5.76 Å². The van der Waals surface area contributed by atoms with Crippen LogP contribution < -0.4 is 5.32 Å². The average Bonchev–Trinajstić information content (AvgIpc) is 2.87. The van der Waals surface area contributed by atoms with E-state index in [1.165, 1.54) is 19.4 Å². The second-order valence-electron chi connectivity index (χ2n) is 4.46. The summed E-state index contributed by atoms with van der Waals surface area (Å²) in [6.07, 6.45) is 4.59. The molecule has 0 aromatic carbocycles. The largest absolute Gasteiger partial charge is 0.468 e. The van der Waals surface area contributed by atoms with Crippen LogP contribution in [-0.4, -0.2) is 31.6 Å². The van der Waals surface area contributed by atoms with Gasteiger partial charge in [-0.1, -0.05) is 0 Å². The van der Waals surface area contributed by atoms with E-state index in [9.17, 15) is 0 Å². The number of rotatable bonds is 7. The lowest BCUT2D eigenvalue weighted by Crippen LogP contribution is -2.30. The molecule has 0 unspecified atom stereocenters. The van der Waals surface area contributed by atoms with E-state index in [2.05, 4.69) is 17.3 Å². The second kappa shape index (κ2) is 5.33. The predicted molar refractivity (Wildman–Crippen MR) is 60.6 cm³/mol. The predicted octanol–water partition coefficient (Wildman–Crippen LogP) is 1.71. The van der Waals surface area contributed by atoms with Crippen molar-refractivity contribution in [3.8, 4) is 0 Å². The van der Waals surface area contributed by atoms with Crippen LogP contribution in [0.15, 0.2) is 22.8 Å². The summed E-state index contributed by atoms with van der Waals surface area (Å²) in [6.45, 7) is 4.26. The van der Waals surface area contributed by atoms with Crippen molar-refractivity contribution >= 4 is 0 Å². The molecule has 1 saturated carbocycles. The quantitative estimate of drug-likeness (QED) is 0.691. The van der Waals surface area contributed by atoms with E-state index in [1.807, 2.05) is 12.1 Å². The van der Waals surface area contributed by atoms with Gasteiger partial charge in [0.15, 0.2) is 0 Å². The molecule has 0 radical (unpaired) electrons. The van der Waals surface area contributed by atoms with Crippen molar-refractivity contribution in [3.05, 3.63) is 24.2 Å². The lowest BCUT2D eigenvalue weighted by Gasteiger charge is -2.15. The molecule has 1 N–H and O–H groups in total. The Kier molecular flexibility index (Phi) is 3.80. The Hall–Kier alpha value is -0.800. The molecule has 1 aliphatic rings. The van der Waals surface area contributed by atoms with Crippen molar-refractivity contribution in [3.63, 3.8) is 0 Å². The van der Waals surface area contributed by atoms with Gasteiger partial charge in [0.05, 0.1) is 12.8 Å². The summed E-state index contributed by atoms with van der Waals surface area (Å²) in [6, 6.07) is 3.93. The van der Waals surface area contributed by atoms with E-state index < -0.39 is 0 Å². The van der Waals surface area contributed by atoms with Crippen molar-refractivity contribution in [1.29, 1.82) is 0 Å². The van der Waals surface area contributed by atoms with Crippen molar-refractivity contribution < 1.29 is 4.42 Å². The molecule has 0 saturated heterocycles. The van der Waals surface area contributed by atoms with E-state index in [4.69, 9.17) is 4.42 Å². The number of nitrogens with one attached hydrogen (secondary N) is 1. The van der Waals surface area contributed by atoms with Crippen LogP contribution in [0.4, 0.5) is 0 Å². The van der Waals surface area contributed by atoms with Crippen molar-refractivity contribution in [1.82, 2.24) is 10.2 Å². The Morgan fingerprint density at radius 2 is 2.40 bits per heavy atom. The summed E-state index contributed by atoms with van der Waals surface area (Å²) >= 11 is 0. The van der Waals surface area contributed by atoms with Gasteiger partial charge in [0.25, 0.3) is 0 Å². The first-order chi connectivity index (χ1) is 7.34. The van der Waals surface area contributed by atoms with Crippen LogP contribution >= 0.6 is 0 Å². The standard InChI is InChI=1S/C12H20N2O/c1-14(10-11-4-5-11)7-6-13-9-12-3-2-8-15-12/h2-3,8,11,13H,4-7,9-10H2,1H3. The third kappa shape index (κ3) is 4.06. The highest BCUT2D eigenvalue weighted by Gasteiger charge is 2.22. The van der Waals surface area contributed by atoms with Crippen LogP contribution in [0, 0.1) is 5.92 Å². The SMILES string of the molecule is CN(CCNCc1ccco1)CC1CC1. The first-order valence-corrected chi connectivity index (χ1v) is 5.76. The fourth-order valence-corrected chi connectivity index (χ4v) is 1.73. The third-order valence-corrected chi connectivity index (χ3v) is 2.82. The minimum absolute atomic E-state index is 0.838. The Morgan fingerprint density at radius 1 is 1.53 bits per heavy atom. The van der Waals surface area contributed by atoms with Gasteiger partial charge >= 0.3 is 0 Å². The summed E-state index contributed by atoms with van der Waals surface area (Å²) in [5, 5.41) is 3.38. The molecular weight excluding hydrogens is 188 g/mol. The van der Waals surface area contributed by atoms with Gasteiger partial charge in [0, 0.05) is 19.6 Å². The topological polar surface area (TPSA) is 28.4 Å². The number of hydrogen-bond donors (Lipinski definition) is 1. The fourth-order valence-electron chi connectivity index (χ4n) is 1.73. The Labute approximate surface area is 91.4 Å². The molecule has 1 aromatic heterocycles. The summed E-state index contributed by atoms with van der Waals surface area (Å²) in [4.78, 5) is 2.41. The molecule has 2 rings (SSSR count). The van der Waals surface area contributed by atoms with E-state index in [0.717, 1.165) is 31.3 Å². The first kappa shape index (κ1) is 10.7. The molecule has 84 valence electrons. The zero-order chi connectivity index (χ0) is 10.5. The van der Waals surface area contributed by atoms with Gasteiger partial charge in [-0.3, -0.25) is 0 Å². The summed E-state index contributed by atoms with van der Waals surface area (Å²) < 4.78 is 5.24. The number of likely N-dealkylation sites (N-methyl/N-ethyl adjacent to an activating group) is 1. The Bertz CT molecular complexity index is 267. The maximum atomic E-state index is 5.24. The van der Waals surface area contributed by atoms with Crippen molar-refractivity contribution in [2.45, 2.75) is 19.4 Å². The van der Waals surface area contributed by atoms with Crippen LogP contribution in [0.25, 0.3) is 0 Å². The van der Waals surface area contributed by atoms with E-state index in [0.29, 0.717) is 0 Å². The van der Waals surface area contributed by atoms with Gasteiger partial charge in [-0.25, -0.2) is 0 Å². The molecule has 0 aliphatic heterocycles. The minimum Gasteiger partial charge on any atom is -0.468 e. The fraction of sp³-hybridized carbons (Fsp3) is 0.667. The van der Waals surface area contributed by atoms with Gasteiger partial charge in [-0.2, -0.15) is 0 Å². The molecule has 0 atom stereocenters. The highest BCUT2D eigenvalue weighted by atomic mass is 16.3. The van der Waals surface area contributed by atoms with Gasteiger partial charge < -0.3 is 14.6 Å². The van der Waals surface area contributed by atoms with Crippen LogP contribution in [0.5, 0.6) is 0 Å². The van der Waals surface area contributed by atoms with Crippen LogP contribution in [0.2, 0.25) is 0 Å². The highest BCUT2D eigenvalue weighted by Crippen LogP contribution is 2.29. The lowest BCUT2D eigenvalue weighted by molar-refractivity contribution is 0.316. The van der Waals surface area contributed by atoms with Crippen LogP contribution in [-0.2, 0) is 6.54 Å². The smallest absolute Gasteiger partial charge is 0.117 e. The van der Waals surface area contributed by atoms with Crippen LogP contribution in [0.1, 0.15) is 18.6 Å². The summed E-state index contributed by atoms with van der Waals surface area (Å²) in [5.41, 5.74) is 0. The van der Waals surface area contributed by atoms with Gasteiger partial charge in [-0.05, 0) is 37.9 Å². The van der Waals surface area contributed by atoms with Crippen LogP contribution in [0.3, 0.4) is 0 Å². The van der Waals surface area contributed by atoms with Crippen molar-refractivity contribution in [2.75, 3.05) is 26.7 Å². The molecule has 0 amide bonds. The first-order valence-electron chi connectivity index (χ1n) is 5.76. The Balaban J connectivity index is 1.50. The zero-order valence-electron chi connectivity index (χ0n) is 9.41. The lowest BCUT2D eigenvalue weighted by atomic mass is 10.4. The minimum atomic E-state index is 0.838. The van der Waals surface area contributed by atoms with Crippen molar-refractivity contribution in [2.24, 2.45) is 5.92 Å². The number of furan rings is 1. The normalized spacial score (nSPS) is 16.1. The average molecular weight is 208 g/mol. The number of hydrogen-bond acceptors (Lipinski definition) is 3. The molecule has 15 heavy (non-hydrogen) atoms. The summed E-state index contributed by atoms with van der Waals surface area (Å²) in [7, 11) is 2.20. The molecule has 1 heterocycles. The molecule has 0 spiro atoms. The number of nitrogens with zero attached hydrogens (tertiary/aromatic N) is 1. The third-order valence-electron chi connectivity index (χ3n) is 2.82. The molecule has 0 bridgehead atoms. The second-order valence-corrected chi connectivity index (χ2v) is 4.46. The Morgan fingerprint density at radius 3 is 3.07 bits per heavy atom. The molecule has 3 nitrogen and oxygen atoms in total. The summed E-state index contributed by atoms with van der Waals surface area (Å²) in [5.74, 6) is 2.00. The molecule has 1 aliphatic carbocycles. The highest BCUT2D eigenvalue weighted by molar-refractivity contribution is 4.97. The van der Waals surface area contributed by atoms with E-state index in [1.54, 1.807) is 6.26 Å². The van der Waals surface area contributed by atoms with E-state index >= 15 is 0 Å². The maximum absolute atomic E-state index is 5.24. The molecule has 1 fully saturated rings. The molecule has 1 aromatic rings. The van der Waals surface area contributed by atoms with Gasteiger partial charge in [0.2, 0.25) is 0 Å². The van der Waals surface area contributed by atoms with E-state index in [-0.39, 0.29) is 0 Å². The zero-order valence-corrected chi connectivity index (χ0v) is 9.41. The molecule has 3 heteroatoms. The monoisotopic (exact) mass is 208 g/mol.